The molecular weight excluding hydrogens is 508 g/mol. The second kappa shape index (κ2) is 9.79. The van der Waals surface area contributed by atoms with Gasteiger partial charge in [-0.15, -0.1) is 5.10 Å². The van der Waals surface area contributed by atoms with E-state index in [4.69, 9.17) is 9.15 Å². The normalized spacial score (nSPS) is 11.6. The van der Waals surface area contributed by atoms with E-state index < -0.39 is 25.8 Å². The molecule has 3 aromatic carbocycles. The third-order valence-electron chi connectivity index (χ3n) is 4.91. The first-order valence-electron chi connectivity index (χ1n) is 10.3. The minimum Gasteiger partial charge on any atom is -0.497 e. The van der Waals surface area contributed by atoms with Crippen LogP contribution in [0.1, 0.15) is 10.4 Å². The first-order valence-corrected chi connectivity index (χ1v) is 13.7. The van der Waals surface area contributed by atoms with E-state index in [9.17, 15) is 21.6 Å². The molecule has 0 aliphatic carbocycles. The van der Waals surface area contributed by atoms with Crippen molar-refractivity contribution in [1.82, 2.24) is 10.2 Å². The van der Waals surface area contributed by atoms with Gasteiger partial charge in [-0.05, 0) is 54.6 Å². The van der Waals surface area contributed by atoms with E-state index in [1.165, 1.54) is 67.8 Å². The van der Waals surface area contributed by atoms with Crippen LogP contribution in [0.4, 0.5) is 11.7 Å². The maximum absolute atomic E-state index is 12.7. The molecule has 0 spiro atoms. The number of hydrogen-bond donors (Lipinski definition) is 2. The highest BCUT2D eigenvalue weighted by molar-refractivity contribution is 7.92. The molecule has 1 aromatic heterocycles. The van der Waals surface area contributed by atoms with Gasteiger partial charge in [-0.1, -0.05) is 23.3 Å². The standard InChI is InChI=1S/C23H20N4O7S2/c1-33-17-10-12-18(13-11-17)36(31,32)27-16-7-5-6-15(14-16)21(28)24-23-26-25-22(34-23)19-8-3-4-9-20(19)35(2,29)30/h3-14,27H,1-2H3,(H,24,26,28). The summed E-state index contributed by atoms with van der Waals surface area (Å²) in [5.41, 5.74) is 0.468. The fourth-order valence-corrected chi connectivity index (χ4v) is 5.14. The summed E-state index contributed by atoms with van der Waals surface area (Å²) in [6.45, 7) is 0. The molecule has 0 aliphatic heterocycles. The fraction of sp³-hybridized carbons (Fsp3) is 0.0870. The number of sulfonamides is 1. The largest absolute Gasteiger partial charge is 0.497 e. The molecule has 0 saturated heterocycles. The van der Waals surface area contributed by atoms with Gasteiger partial charge in [0.25, 0.3) is 21.8 Å². The second-order valence-electron chi connectivity index (χ2n) is 7.50. The molecule has 4 aromatic rings. The molecule has 1 heterocycles. The highest BCUT2D eigenvalue weighted by Crippen LogP contribution is 2.27. The van der Waals surface area contributed by atoms with Crippen LogP contribution in [-0.2, 0) is 19.9 Å². The second-order valence-corrected chi connectivity index (χ2v) is 11.2. The van der Waals surface area contributed by atoms with Crippen molar-refractivity contribution in [2.75, 3.05) is 23.4 Å². The Morgan fingerprint density at radius 3 is 2.33 bits per heavy atom. The first-order chi connectivity index (χ1) is 17.1. The SMILES string of the molecule is COc1ccc(S(=O)(=O)Nc2cccc(C(=O)Nc3nnc(-c4ccccc4S(C)(=O)=O)o3)c2)cc1. The van der Waals surface area contributed by atoms with E-state index in [-0.39, 0.29) is 38.5 Å². The lowest BCUT2D eigenvalue weighted by Gasteiger charge is -2.10. The summed E-state index contributed by atoms with van der Waals surface area (Å²) in [5.74, 6) is -0.226. The summed E-state index contributed by atoms with van der Waals surface area (Å²) in [6.07, 6.45) is 1.06. The minimum absolute atomic E-state index is 0.00312. The van der Waals surface area contributed by atoms with Crippen LogP contribution >= 0.6 is 0 Å². The number of carbonyl (C=O) groups is 1. The Hall–Kier alpha value is -4.23. The molecule has 13 heteroatoms. The quantitative estimate of drug-likeness (QED) is 0.350. The van der Waals surface area contributed by atoms with E-state index >= 15 is 0 Å². The van der Waals surface area contributed by atoms with Crippen molar-refractivity contribution in [2.24, 2.45) is 0 Å². The van der Waals surface area contributed by atoms with Crippen molar-refractivity contribution < 1.29 is 30.8 Å². The molecule has 0 radical (unpaired) electrons. The lowest BCUT2D eigenvalue weighted by molar-refractivity contribution is 0.102. The molecule has 0 unspecified atom stereocenters. The highest BCUT2D eigenvalue weighted by Gasteiger charge is 2.20. The van der Waals surface area contributed by atoms with Gasteiger partial charge in [0, 0.05) is 17.5 Å². The number of ether oxygens (including phenoxy) is 1. The fourth-order valence-electron chi connectivity index (χ4n) is 3.21. The van der Waals surface area contributed by atoms with Crippen LogP contribution in [0.5, 0.6) is 5.75 Å². The molecule has 11 nitrogen and oxygen atoms in total. The number of amides is 1. The van der Waals surface area contributed by atoms with Gasteiger partial charge in [-0.2, -0.15) is 0 Å². The molecule has 1 amide bonds. The Kier molecular flexibility index (Phi) is 6.77. The van der Waals surface area contributed by atoms with E-state index in [0.29, 0.717) is 5.75 Å². The molecule has 0 aliphatic rings. The van der Waals surface area contributed by atoms with Crippen molar-refractivity contribution in [3.63, 3.8) is 0 Å². The highest BCUT2D eigenvalue weighted by atomic mass is 32.2. The maximum atomic E-state index is 12.7. The molecule has 2 N–H and O–H groups in total. The van der Waals surface area contributed by atoms with Gasteiger partial charge in [-0.25, -0.2) is 16.8 Å². The number of nitrogens with zero attached hydrogens (tertiary/aromatic N) is 2. The van der Waals surface area contributed by atoms with Crippen LogP contribution in [0.2, 0.25) is 0 Å². The smallest absolute Gasteiger partial charge is 0.322 e. The average Bonchev–Trinajstić information content (AvgIpc) is 3.32. The van der Waals surface area contributed by atoms with Crippen LogP contribution in [0, 0.1) is 0 Å². The summed E-state index contributed by atoms with van der Waals surface area (Å²) in [4.78, 5) is 12.7. The number of methoxy groups -OCH3 is 1. The zero-order valence-electron chi connectivity index (χ0n) is 19.0. The van der Waals surface area contributed by atoms with Crippen LogP contribution < -0.4 is 14.8 Å². The van der Waals surface area contributed by atoms with Gasteiger partial charge in [0.05, 0.1) is 22.5 Å². The van der Waals surface area contributed by atoms with Gasteiger partial charge in [-0.3, -0.25) is 14.8 Å². The molecule has 186 valence electrons. The van der Waals surface area contributed by atoms with Crippen molar-refractivity contribution >= 4 is 37.5 Å². The Morgan fingerprint density at radius 1 is 0.917 bits per heavy atom. The molecule has 36 heavy (non-hydrogen) atoms. The molecular formula is C23H20N4O7S2. The van der Waals surface area contributed by atoms with Gasteiger partial charge >= 0.3 is 6.01 Å². The van der Waals surface area contributed by atoms with E-state index in [2.05, 4.69) is 20.2 Å². The van der Waals surface area contributed by atoms with Crippen LogP contribution in [-0.4, -0.2) is 46.3 Å². The third kappa shape index (κ3) is 5.53. The topological polar surface area (TPSA) is 158 Å². The summed E-state index contributed by atoms with van der Waals surface area (Å²) >= 11 is 0. The Balaban J connectivity index is 1.51. The molecule has 0 atom stereocenters. The van der Waals surface area contributed by atoms with Crippen molar-refractivity contribution in [1.29, 1.82) is 0 Å². The van der Waals surface area contributed by atoms with Crippen molar-refractivity contribution in [2.45, 2.75) is 9.79 Å². The first kappa shape index (κ1) is 24.9. The number of benzene rings is 3. The number of rotatable bonds is 8. The van der Waals surface area contributed by atoms with E-state index in [1.807, 2.05) is 0 Å². The summed E-state index contributed by atoms with van der Waals surface area (Å²) < 4.78 is 62.3. The molecule has 4 rings (SSSR count). The molecule has 0 saturated carbocycles. The number of carbonyl (C=O) groups excluding carboxylic acids is 1. The summed E-state index contributed by atoms with van der Waals surface area (Å²) in [6, 6.07) is 17.5. The number of hydrogen-bond acceptors (Lipinski definition) is 9. The van der Waals surface area contributed by atoms with Gasteiger partial charge in [0.15, 0.2) is 9.84 Å². The lowest BCUT2D eigenvalue weighted by atomic mass is 10.2. The number of aromatic nitrogens is 2. The third-order valence-corrected chi connectivity index (χ3v) is 7.46. The van der Waals surface area contributed by atoms with Gasteiger partial charge in [0.1, 0.15) is 5.75 Å². The maximum Gasteiger partial charge on any atom is 0.322 e. The number of nitrogens with one attached hydrogen (secondary N) is 2. The summed E-state index contributed by atoms with van der Waals surface area (Å²) in [5, 5.41) is 10.00. The monoisotopic (exact) mass is 528 g/mol. The Morgan fingerprint density at radius 2 is 1.64 bits per heavy atom. The zero-order chi connectivity index (χ0) is 25.9. The molecule has 0 bridgehead atoms. The lowest BCUT2D eigenvalue weighted by Crippen LogP contribution is -2.15. The Labute approximate surface area is 207 Å². The van der Waals surface area contributed by atoms with Gasteiger partial charge < -0.3 is 9.15 Å². The van der Waals surface area contributed by atoms with Gasteiger partial charge in [0.2, 0.25) is 0 Å². The molecule has 0 fully saturated rings. The van der Waals surface area contributed by atoms with E-state index in [1.54, 1.807) is 12.1 Å². The zero-order valence-corrected chi connectivity index (χ0v) is 20.6. The number of sulfone groups is 1. The average molecular weight is 529 g/mol. The minimum atomic E-state index is -3.91. The van der Waals surface area contributed by atoms with Crippen molar-refractivity contribution in [3.8, 4) is 17.2 Å². The Bertz CT molecular complexity index is 1630. The van der Waals surface area contributed by atoms with E-state index in [0.717, 1.165) is 6.26 Å². The van der Waals surface area contributed by atoms with Crippen LogP contribution in [0.15, 0.2) is 87.0 Å². The summed E-state index contributed by atoms with van der Waals surface area (Å²) in [7, 11) is -6.00. The van der Waals surface area contributed by atoms with Crippen LogP contribution in [0.25, 0.3) is 11.5 Å². The predicted octanol–water partition coefficient (Wildman–Crippen LogP) is 3.20. The van der Waals surface area contributed by atoms with Crippen molar-refractivity contribution in [3.05, 3.63) is 78.4 Å². The predicted molar refractivity (Wildman–Crippen MR) is 131 cm³/mol. The number of anilines is 2. The van der Waals surface area contributed by atoms with Crippen LogP contribution in [0.3, 0.4) is 0 Å².